The highest BCUT2D eigenvalue weighted by molar-refractivity contribution is 5.86. The second-order valence-corrected chi connectivity index (χ2v) is 3.82. The van der Waals surface area contributed by atoms with Crippen LogP contribution in [0.3, 0.4) is 0 Å². The van der Waals surface area contributed by atoms with Crippen molar-refractivity contribution in [3.63, 3.8) is 0 Å². The van der Waals surface area contributed by atoms with Crippen LogP contribution >= 0.6 is 0 Å². The third-order valence-corrected chi connectivity index (χ3v) is 2.52. The predicted molar refractivity (Wildman–Crippen MR) is 66.8 cm³/mol. The molecule has 1 N–H and O–H groups in total. The first kappa shape index (κ1) is 12.2. The van der Waals surface area contributed by atoms with Gasteiger partial charge in [-0.05, 0) is 31.2 Å². The average Bonchev–Trinajstić information content (AvgIpc) is 2.73. The van der Waals surface area contributed by atoms with Gasteiger partial charge in [-0.25, -0.2) is 9.78 Å². The zero-order chi connectivity index (χ0) is 13.1. The average molecular weight is 246 g/mol. The second-order valence-electron chi connectivity index (χ2n) is 3.82. The molecule has 2 aromatic rings. The molecule has 0 aliphatic carbocycles. The number of rotatable bonds is 4. The smallest absolute Gasteiger partial charge is 0.356 e. The minimum atomic E-state index is -1.03. The Morgan fingerprint density at radius 2 is 2.06 bits per heavy atom. The number of ether oxygens (including phenoxy) is 1. The monoisotopic (exact) mass is 246 g/mol. The van der Waals surface area contributed by atoms with Gasteiger partial charge >= 0.3 is 5.97 Å². The van der Waals surface area contributed by atoms with Crippen LogP contribution < -0.4 is 4.74 Å². The number of carbonyl (C=O) groups is 1. The molecule has 0 saturated carbocycles. The van der Waals surface area contributed by atoms with Gasteiger partial charge in [0.15, 0.2) is 5.69 Å². The van der Waals surface area contributed by atoms with E-state index in [4.69, 9.17) is 9.84 Å². The van der Waals surface area contributed by atoms with E-state index < -0.39 is 5.97 Å². The molecule has 0 bridgehead atoms. The predicted octanol–water partition coefficient (Wildman–Crippen LogP) is 2.18. The zero-order valence-electron chi connectivity index (χ0n) is 10.3. The Bertz CT molecular complexity index is 558. The number of benzene rings is 1. The lowest BCUT2D eigenvalue weighted by Crippen LogP contribution is -1.95. The molecule has 0 amide bonds. The maximum Gasteiger partial charge on any atom is 0.356 e. The fourth-order valence-corrected chi connectivity index (χ4v) is 1.70. The van der Waals surface area contributed by atoms with Gasteiger partial charge in [-0.3, -0.25) is 0 Å². The third kappa shape index (κ3) is 2.34. The van der Waals surface area contributed by atoms with Gasteiger partial charge < -0.3 is 14.4 Å². The summed E-state index contributed by atoms with van der Waals surface area (Å²) in [5.74, 6) is 0.382. The van der Waals surface area contributed by atoms with Crippen LogP contribution in [-0.2, 0) is 7.05 Å². The standard InChI is InChI=1S/C13H14N2O3/c1-3-18-10-6-4-9(5-7-10)12-14-11(13(16)17)8-15(12)2/h4-8H,3H2,1-2H3,(H,16,17). The highest BCUT2D eigenvalue weighted by Crippen LogP contribution is 2.21. The molecule has 2 rings (SSSR count). The van der Waals surface area contributed by atoms with Crippen molar-refractivity contribution in [2.45, 2.75) is 6.92 Å². The van der Waals surface area contributed by atoms with Crippen LogP contribution in [0.4, 0.5) is 0 Å². The summed E-state index contributed by atoms with van der Waals surface area (Å²) in [6.45, 7) is 2.54. The topological polar surface area (TPSA) is 64.3 Å². The molecule has 0 saturated heterocycles. The molecule has 94 valence electrons. The molecular formula is C13H14N2O3. The summed E-state index contributed by atoms with van der Waals surface area (Å²) in [5.41, 5.74) is 0.898. The van der Waals surface area contributed by atoms with Crippen molar-refractivity contribution in [2.75, 3.05) is 6.61 Å². The van der Waals surface area contributed by atoms with Crippen LogP contribution in [0, 0.1) is 0 Å². The van der Waals surface area contributed by atoms with Crippen LogP contribution in [0.5, 0.6) is 5.75 Å². The van der Waals surface area contributed by atoms with E-state index in [1.807, 2.05) is 31.2 Å². The molecular weight excluding hydrogens is 232 g/mol. The van der Waals surface area contributed by atoms with Crippen molar-refractivity contribution in [1.29, 1.82) is 0 Å². The fraction of sp³-hybridized carbons (Fsp3) is 0.231. The number of aromatic nitrogens is 2. The Morgan fingerprint density at radius 1 is 1.39 bits per heavy atom. The molecule has 1 heterocycles. The third-order valence-electron chi connectivity index (χ3n) is 2.52. The normalized spacial score (nSPS) is 10.3. The van der Waals surface area contributed by atoms with Gasteiger partial charge in [0.05, 0.1) is 6.61 Å². The maximum absolute atomic E-state index is 10.8. The molecule has 5 nitrogen and oxygen atoms in total. The van der Waals surface area contributed by atoms with Gasteiger partial charge in [0, 0.05) is 18.8 Å². The molecule has 18 heavy (non-hydrogen) atoms. The molecule has 1 aromatic heterocycles. The van der Waals surface area contributed by atoms with Crippen molar-refractivity contribution < 1.29 is 14.6 Å². The fourth-order valence-electron chi connectivity index (χ4n) is 1.70. The van der Waals surface area contributed by atoms with Crippen LogP contribution in [0.1, 0.15) is 17.4 Å². The number of carboxylic acids is 1. The molecule has 0 fully saturated rings. The molecule has 0 atom stereocenters. The summed E-state index contributed by atoms with van der Waals surface area (Å²) >= 11 is 0. The number of imidazole rings is 1. The van der Waals surface area contributed by atoms with E-state index in [1.54, 1.807) is 11.6 Å². The van der Waals surface area contributed by atoms with Crippen LogP contribution in [0.2, 0.25) is 0 Å². The lowest BCUT2D eigenvalue weighted by molar-refractivity contribution is 0.0691. The molecule has 0 aliphatic rings. The highest BCUT2D eigenvalue weighted by atomic mass is 16.5. The Labute approximate surface area is 105 Å². The number of hydrogen-bond acceptors (Lipinski definition) is 3. The largest absolute Gasteiger partial charge is 0.494 e. The Kier molecular flexibility index (Phi) is 3.32. The van der Waals surface area contributed by atoms with E-state index in [0.29, 0.717) is 12.4 Å². The zero-order valence-corrected chi connectivity index (χ0v) is 10.3. The number of aryl methyl sites for hydroxylation is 1. The number of carboxylic acid groups (broad SMARTS) is 1. The lowest BCUT2D eigenvalue weighted by Gasteiger charge is -2.04. The number of nitrogens with zero attached hydrogens (tertiary/aromatic N) is 2. The SMILES string of the molecule is CCOc1ccc(-c2nc(C(=O)O)cn2C)cc1. The van der Waals surface area contributed by atoms with Crippen molar-refractivity contribution in [1.82, 2.24) is 9.55 Å². The van der Waals surface area contributed by atoms with E-state index in [-0.39, 0.29) is 5.69 Å². The molecule has 5 heteroatoms. The number of hydrogen-bond donors (Lipinski definition) is 1. The molecule has 0 radical (unpaired) electrons. The Hall–Kier alpha value is -2.30. The second kappa shape index (κ2) is 4.91. The first-order chi connectivity index (χ1) is 8.61. The van der Waals surface area contributed by atoms with Crippen LogP contribution in [-0.4, -0.2) is 27.2 Å². The van der Waals surface area contributed by atoms with Crippen molar-refractivity contribution in [3.05, 3.63) is 36.2 Å². The van der Waals surface area contributed by atoms with Gasteiger partial charge in [0.1, 0.15) is 11.6 Å². The summed E-state index contributed by atoms with van der Waals surface area (Å²) in [4.78, 5) is 14.9. The van der Waals surface area contributed by atoms with Crippen molar-refractivity contribution in [2.24, 2.45) is 7.05 Å². The van der Waals surface area contributed by atoms with E-state index >= 15 is 0 Å². The summed E-state index contributed by atoms with van der Waals surface area (Å²) in [7, 11) is 1.77. The molecule has 0 unspecified atom stereocenters. The lowest BCUT2D eigenvalue weighted by atomic mass is 10.2. The summed E-state index contributed by atoms with van der Waals surface area (Å²) < 4.78 is 7.04. The minimum absolute atomic E-state index is 0.0429. The van der Waals surface area contributed by atoms with E-state index in [1.165, 1.54) is 6.20 Å². The summed E-state index contributed by atoms with van der Waals surface area (Å²) in [6, 6.07) is 7.40. The Balaban J connectivity index is 2.33. The first-order valence-corrected chi connectivity index (χ1v) is 5.61. The number of aromatic carboxylic acids is 1. The van der Waals surface area contributed by atoms with Crippen molar-refractivity contribution >= 4 is 5.97 Å². The van der Waals surface area contributed by atoms with Crippen LogP contribution in [0.15, 0.2) is 30.5 Å². The van der Waals surface area contributed by atoms with E-state index in [0.717, 1.165) is 11.3 Å². The van der Waals surface area contributed by atoms with Gasteiger partial charge in [-0.1, -0.05) is 0 Å². The van der Waals surface area contributed by atoms with E-state index in [9.17, 15) is 4.79 Å². The van der Waals surface area contributed by atoms with Gasteiger partial charge in [-0.15, -0.1) is 0 Å². The maximum atomic E-state index is 10.8. The molecule has 0 aliphatic heterocycles. The summed E-state index contributed by atoms with van der Waals surface area (Å²) in [5, 5.41) is 8.89. The minimum Gasteiger partial charge on any atom is -0.494 e. The highest BCUT2D eigenvalue weighted by Gasteiger charge is 2.12. The van der Waals surface area contributed by atoms with Gasteiger partial charge in [0.2, 0.25) is 0 Å². The quantitative estimate of drug-likeness (QED) is 0.898. The van der Waals surface area contributed by atoms with Crippen LogP contribution in [0.25, 0.3) is 11.4 Å². The van der Waals surface area contributed by atoms with Gasteiger partial charge in [0.25, 0.3) is 0 Å². The van der Waals surface area contributed by atoms with Crippen molar-refractivity contribution in [3.8, 4) is 17.1 Å². The van der Waals surface area contributed by atoms with E-state index in [2.05, 4.69) is 4.98 Å². The molecule has 1 aromatic carbocycles. The Morgan fingerprint density at radius 3 is 2.56 bits per heavy atom. The summed E-state index contributed by atoms with van der Waals surface area (Å²) in [6.07, 6.45) is 1.49. The molecule has 0 spiro atoms. The first-order valence-electron chi connectivity index (χ1n) is 5.61. The van der Waals surface area contributed by atoms with Gasteiger partial charge in [-0.2, -0.15) is 0 Å².